The molecule has 1 saturated carbocycles. The molecule has 154 valence electrons. The molecular weight excluding hydrogens is 374 g/mol. The number of carbonyl (C=O) groups excluding carboxylic acids is 1. The van der Waals surface area contributed by atoms with Gasteiger partial charge in [-0.25, -0.2) is 8.42 Å². The van der Waals surface area contributed by atoms with Crippen molar-refractivity contribution in [2.45, 2.75) is 70.8 Å². The topological polar surface area (TPSA) is 63.7 Å². The fourth-order valence-electron chi connectivity index (χ4n) is 5.68. The summed E-state index contributed by atoms with van der Waals surface area (Å²) in [5.74, 6) is 0.734. The van der Waals surface area contributed by atoms with Crippen LogP contribution in [0.1, 0.15) is 64.0 Å². The molecule has 5 nitrogen and oxygen atoms in total. The van der Waals surface area contributed by atoms with Crippen LogP contribution in [0, 0.1) is 11.3 Å². The second-order valence-corrected chi connectivity index (χ2v) is 11.8. The van der Waals surface area contributed by atoms with Crippen LogP contribution in [0.4, 0.5) is 0 Å². The Hall–Kier alpha value is -1.40. The van der Waals surface area contributed by atoms with Crippen molar-refractivity contribution in [1.29, 1.82) is 0 Å². The van der Waals surface area contributed by atoms with Crippen molar-refractivity contribution in [2.75, 3.05) is 12.8 Å². The quantitative estimate of drug-likeness (QED) is 0.556. The molecule has 1 aromatic carbocycles. The molecule has 3 aliphatic rings. The first-order valence-corrected chi connectivity index (χ1v) is 12.2. The van der Waals surface area contributed by atoms with Crippen LogP contribution in [-0.4, -0.2) is 37.5 Å². The molecule has 2 fully saturated rings. The fraction of sp³-hybridized carbons (Fsp3) is 0.682. The molecule has 1 aliphatic heterocycles. The molecule has 1 aromatic rings. The predicted molar refractivity (Wildman–Crippen MR) is 109 cm³/mol. The third-order valence-electron chi connectivity index (χ3n) is 7.01. The van der Waals surface area contributed by atoms with Crippen LogP contribution in [0.3, 0.4) is 0 Å². The minimum Gasteiger partial charge on any atom is -0.426 e. The second-order valence-electron chi connectivity index (χ2n) is 9.86. The van der Waals surface area contributed by atoms with E-state index in [1.165, 1.54) is 23.8 Å². The zero-order valence-corrected chi connectivity index (χ0v) is 18.1. The molecule has 0 radical (unpaired) electrons. The van der Waals surface area contributed by atoms with Gasteiger partial charge in [-0.15, -0.1) is 0 Å². The van der Waals surface area contributed by atoms with E-state index in [2.05, 4.69) is 6.07 Å². The summed E-state index contributed by atoms with van der Waals surface area (Å²) in [4.78, 5) is 12.4. The summed E-state index contributed by atoms with van der Waals surface area (Å²) in [6.45, 7) is 6.16. The normalized spacial score (nSPS) is 30.3. The van der Waals surface area contributed by atoms with Crippen LogP contribution in [-0.2, 0) is 26.7 Å². The number of carbonyl (C=O) groups is 1. The molecule has 0 N–H and O–H groups in total. The average Bonchev–Trinajstić information content (AvgIpc) is 2.60. The third kappa shape index (κ3) is 3.18. The number of hydrogen-bond acceptors (Lipinski definition) is 4. The first kappa shape index (κ1) is 19.9. The van der Waals surface area contributed by atoms with Gasteiger partial charge in [0.1, 0.15) is 5.75 Å². The van der Waals surface area contributed by atoms with E-state index in [9.17, 15) is 13.2 Å². The minimum atomic E-state index is -3.21. The number of piperidine rings is 1. The molecule has 1 heterocycles. The van der Waals surface area contributed by atoms with Gasteiger partial charge in [0.25, 0.3) is 0 Å². The van der Waals surface area contributed by atoms with Crippen LogP contribution in [0.15, 0.2) is 18.2 Å². The Labute approximate surface area is 168 Å². The van der Waals surface area contributed by atoms with Crippen molar-refractivity contribution in [3.63, 3.8) is 0 Å². The Morgan fingerprint density at radius 3 is 2.64 bits per heavy atom. The van der Waals surface area contributed by atoms with Gasteiger partial charge in [-0.2, -0.15) is 4.31 Å². The minimum absolute atomic E-state index is 0.0157. The number of esters is 1. The van der Waals surface area contributed by atoms with Crippen LogP contribution in [0.5, 0.6) is 5.75 Å². The van der Waals surface area contributed by atoms with E-state index in [1.807, 2.05) is 32.9 Å². The van der Waals surface area contributed by atoms with Gasteiger partial charge in [-0.1, -0.05) is 18.9 Å². The summed E-state index contributed by atoms with van der Waals surface area (Å²) in [7, 11) is -3.21. The first-order chi connectivity index (χ1) is 13.0. The average molecular weight is 406 g/mol. The maximum atomic E-state index is 12.4. The number of sulfonamides is 1. The lowest BCUT2D eigenvalue weighted by molar-refractivity contribution is -0.143. The SMILES string of the molecule is CC(C)(C)C(=O)Oc1ccc2c(c1)[C@@]13CCCC[C@H]1[C@@H](C2)N(S(C)(=O)=O)CC3. The summed E-state index contributed by atoms with van der Waals surface area (Å²) in [5.41, 5.74) is 1.97. The highest BCUT2D eigenvalue weighted by Crippen LogP contribution is 2.56. The van der Waals surface area contributed by atoms with Gasteiger partial charge in [0, 0.05) is 18.0 Å². The Balaban J connectivity index is 1.75. The van der Waals surface area contributed by atoms with E-state index in [-0.39, 0.29) is 17.4 Å². The Morgan fingerprint density at radius 1 is 1.21 bits per heavy atom. The molecule has 1 saturated heterocycles. The molecule has 2 aliphatic carbocycles. The van der Waals surface area contributed by atoms with Gasteiger partial charge >= 0.3 is 5.97 Å². The number of nitrogens with zero attached hydrogens (tertiary/aromatic N) is 1. The third-order valence-corrected chi connectivity index (χ3v) is 8.31. The van der Waals surface area contributed by atoms with Gasteiger partial charge in [-0.05, 0) is 75.6 Å². The highest BCUT2D eigenvalue weighted by atomic mass is 32.2. The highest BCUT2D eigenvalue weighted by Gasteiger charge is 2.55. The Morgan fingerprint density at radius 2 is 1.96 bits per heavy atom. The van der Waals surface area contributed by atoms with Crippen LogP contribution in [0.2, 0.25) is 0 Å². The summed E-state index contributed by atoms with van der Waals surface area (Å²) in [6.07, 6.45) is 7.44. The molecule has 28 heavy (non-hydrogen) atoms. The van der Waals surface area contributed by atoms with Crippen molar-refractivity contribution >= 4 is 16.0 Å². The lowest BCUT2D eigenvalue weighted by Crippen LogP contribution is -2.61. The number of rotatable bonds is 2. The van der Waals surface area contributed by atoms with Gasteiger partial charge < -0.3 is 4.74 Å². The molecule has 0 unspecified atom stereocenters. The van der Waals surface area contributed by atoms with E-state index in [0.717, 1.165) is 32.1 Å². The summed E-state index contributed by atoms with van der Waals surface area (Å²) in [6, 6.07) is 6.04. The van der Waals surface area contributed by atoms with Gasteiger partial charge in [-0.3, -0.25) is 4.79 Å². The van der Waals surface area contributed by atoms with Gasteiger partial charge in [0.05, 0.1) is 11.7 Å². The van der Waals surface area contributed by atoms with E-state index in [4.69, 9.17) is 4.74 Å². The Kier molecular flexibility index (Phi) is 4.66. The largest absolute Gasteiger partial charge is 0.426 e. The van der Waals surface area contributed by atoms with E-state index < -0.39 is 15.4 Å². The standard InChI is InChI=1S/C22H31NO4S/c1-21(2,3)20(24)27-16-9-8-15-13-19-17-7-5-6-10-22(17,18(15)14-16)11-12-23(19)28(4,25)26/h8-9,14,17,19H,5-7,10-13H2,1-4H3/t17-,19+,22+/m0/s1. The van der Waals surface area contributed by atoms with Gasteiger partial charge in [0.15, 0.2) is 0 Å². The number of ether oxygens (including phenoxy) is 1. The molecule has 0 spiro atoms. The fourth-order valence-corrected chi connectivity index (χ4v) is 6.82. The van der Waals surface area contributed by atoms with E-state index >= 15 is 0 Å². The van der Waals surface area contributed by atoms with Gasteiger partial charge in [0.2, 0.25) is 10.0 Å². The summed E-state index contributed by atoms with van der Waals surface area (Å²) >= 11 is 0. The molecule has 4 rings (SSSR count). The molecule has 0 aromatic heterocycles. The van der Waals surface area contributed by atoms with Crippen molar-refractivity contribution < 1.29 is 17.9 Å². The summed E-state index contributed by atoms with van der Waals surface area (Å²) < 4.78 is 32.3. The highest BCUT2D eigenvalue weighted by molar-refractivity contribution is 7.88. The first-order valence-electron chi connectivity index (χ1n) is 10.3. The second kappa shape index (κ2) is 6.56. The zero-order valence-electron chi connectivity index (χ0n) is 17.3. The van der Waals surface area contributed by atoms with E-state index in [0.29, 0.717) is 18.2 Å². The molecule has 0 amide bonds. The predicted octanol–water partition coefficient (Wildman–Crippen LogP) is 3.66. The molecule has 2 bridgehead atoms. The van der Waals surface area contributed by atoms with Crippen molar-refractivity contribution in [3.8, 4) is 5.75 Å². The molecule has 6 heteroatoms. The van der Waals surface area contributed by atoms with Crippen LogP contribution in [0.25, 0.3) is 0 Å². The van der Waals surface area contributed by atoms with Crippen molar-refractivity contribution in [1.82, 2.24) is 4.31 Å². The smallest absolute Gasteiger partial charge is 0.316 e. The van der Waals surface area contributed by atoms with Crippen molar-refractivity contribution in [3.05, 3.63) is 29.3 Å². The maximum absolute atomic E-state index is 12.4. The zero-order chi connectivity index (χ0) is 20.3. The number of hydrogen-bond donors (Lipinski definition) is 0. The van der Waals surface area contributed by atoms with Crippen LogP contribution >= 0.6 is 0 Å². The lowest BCUT2D eigenvalue weighted by Gasteiger charge is -2.58. The lowest BCUT2D eigenvalue weighted by atomic mass is 9.53. The Bertz CT molecular complexity index is 902. The maximum Gasteiger partial charge on any atom is 0.316 e. The molecular formula is C22H31NO4S. The number of fused-ring (bicyclic) bond motifs is 1. The monoisotopic (exact) mass is 405 g/mol. The molecule has 3 atom stereocenters. The van der Waals surface area contributed by atoms with Crippen LogP contribution < -0.4 is 4.74 Å². The van der Waals surface area contributed by atoms with E-state index in [1.54, 1.807) is 4.31 Å². The summed E-state index contributed by atoms with van der Waals surface area (Å²) in [5, 5.41) is 0. The number of benzene rings is 1. The van der Waals surface area contributed by atoms with Crippen molar-refractivity contribution in [2.24, 2.45) is 11.3 Å².